The summed E-state index contributed by atoms with van der Waals surface area (Å²) < 4.78 is 0. The molecule has 1 aliphatic carbocycles. The third-order valence-electron chi connectivity index (χ3n) is 4.14. The molecule has 0 spiro atoms. The van der Waals surface area contributed by atoms with Crippen molar-refractivity contribution >= 4 is 11.8 Å². The van der Waals surface area contributed by atoms with Crippen LogP contribution in [0.4, 0.5) is 0 Å². The van der Waals surface area contributed by atoms with Gasteiger partial charge in [-0.2, -0.15) is 11.8 Å². The fourth-order valence-electron chi connectivity index (χ4n) is 3.03. The molecular formula is C13H26N2S. The van der Waals surface area contributed by atoms with E-state index in [-0.39, 0.29) is 0 Å². The van der Waals surface area contributed by atoms with Gasteiger partial charge in [0.25, 0.3) is 0 Å². The number of nitrogens with one attached hydrogen (secondary N) is 1. The molecule has 0 aromatic rings. The Balaban J connectivity index is 1.71. The summed E-state index contributed by atoms with van der Waals surface area (Å²) >= 11 is 2.05. The maximum atomic E-state index is 3.87. The molecule has 2 rings (SSSR count). The van der Waals surface area contributed by atoms with Crippen molar-refractivity contribution in [1.82, 2.24) is 10.2 Å². The summed E-state index contributed by atoms with van der Waals surface area (Å²) in [4.78, 5) is 2.60. The Hall–Kier alpha value is 0.270. The van der Waals surface area contributed by atoms with Gasteiger partial charge in [0.05, 0.1) is 0 Å². The van der Waals surface area contributed by atoms with Gasteiger partial charge >= 0.3 is 0 Å². The highest BCUT2D eigenvalue weighted by atomic mass is 32.2. The predicted molar refractivity (Wildman–Crippen MR) is 73.2 cm³/mol. The number of nitrogens with zero attached hydrogens (tertiary/aromatic N) is 1. The third-order valence-corrected chi connectivity index (χ3v) is 5.23. The van der Waals surface area contributed by atoms with Crippen LogP contribution in [-0.2, 0) is 0 Å². The Kier molecular flexibility index (Phi) is 4.57. The normalized spacial score (nSPS) is 36.4. The lowest BCUT2D eigenvalue weighted by molar-refractivity contribution is 0.265. The van der Waals surface area contributed by atoms with E-state index in [4.69, 9.17) is 0 Å². The zero-order valence-electron chi connectivity index (χ0n) is 10.9. The summed E-state index contributed by atoms with van der Waals surface area (Å²) in [7, 11) is 0. The number of likely N-dealkylation sites (tertiary alicyclic amines) is 1. The van der Waals surface area contributed by atoms with Crippen LogP contribution in [0.2, 0.25) is 0 Å². The van der Waals surface area contributed by atoms with Crippen LogP contribution in [0.5, 0.6) is 0 Å². The van der Waals surface area contributed by atoms with Gasteiger partial charge in [-0.3, -0.25) is 4.90 Å². The van der Waals surface area contributed by atoms with Gasteiger partial charge in [-0.25, -0.2) is 0 Å². The van der Waals surface area contributed by atoms with Crippen molar-refractivity contribution in [2.24, 2.45) is 0 Å². The molecule has 3 atom stereocenters. The average molecular weight is 242 g/mol. The summed E-state index contributed by atoms with van der Waals surface area (Å²) in [5.74, 6) is 0. The van der Waals surface area contributed by atoms with Gasteiger partial charge in [-0.1, -0.05) is 0 Å². The molecule has 0 aromatic heterocycles. The van der Waals surface area contributed by atoms with E-state index in [2.05, 4.69) is 30.3 Å². The van der Waals surface area contributed by atoms with Gasteiger partial charge in [0, 0.05) is 29.9 Å². The van der Waals surface area contributed by atoms with Gasteiger partial charge in [-0.05, 0) is 52.3 Å². The van der Waals surface area contributed by atoms with Crippen LogP contribution in [0.1, 0.15) is 39.5 Å². The van der Waals surface area contributed by atoms with Crippen LogP contribution in [0.25, 0.3) is 0 Å². The lowest BCUT2D eigenvalue weighted by Crippen LogP contribution is -2.40. The van der Waals surface area contributed by atoms with E-state index >= 15 is 0 Å². The molecular weight excluding hydrogens is 216 g/mol. The second-order valence-corrected chi connectivity index (χ2v) is 6.75. The molecule has 0 bridgehead atoms. The van der Waals surface area contributed by atoms with Gasteiger partial charge in [0.15, 0.2) is 0 Å². The van der Waals surface area contributed by atoms with E-state index in [0.29, 0.717) is 6.04 Å². The predicted octanol–water partition coefficient (Wildman–Crippen LogP) is 2.34. The Labute approximate surface area is 105 Å². The van der Waals surface area contributed by atoms with Crippen molar-refractivity contribution in [2.75, 3.05) is 19.3 Å². The van der Waals surface area contributed by atoms with Crippen molar-refractivity contribution in [3.63, 3.8) is 0 Å². The summed E-state index contributed by atoms with van der Waals surface area (Å²) in [6.45, 7) is 7.16. The molecule has 2 aliphatic rings. The molecule has 3 heteroatoms. The van der Waals surface area contributed by atoms with Crippen molar-refractivity contribution in [3.8, 4) is 0 Å². The number of rotatable bonds is 4. The molecule has 1 saturated carbocycles. The quantitative estimate of drug-likeness (QED) is 0.814. The molecule has 16 heavy (non-hydrogen) atoms. The van der Waals surface area contributed by atoms with Crippen molar-refractivity contribution in [2.45, 2.75) is 62.9 Å². The molecule has 94 valence electrons. The van der Waals surface area contributed by atoms with Crippen LogP contribution in [0.15, 0.2) is 0 Å². The van der Waals surface area contributed by atoms with E-state index in [1.807, 2.05) is 11.8 Å². The molecule has 3 unspecified atom stereocenters. The highest BCUT2D eigenvalue weighted by molar-refractivity contribution is 7.99. The maximum absolute atomic E-state index is 3.87. The molecule has 1 N–H and O–H groups in total. The van der Waals surface area contributed by atoms with E-state index in [9.17, 15) is 0 Å². The Morgan fingerprint density at radius 1 is 1.19 bits per heavy atom. The molecule has 0 aromatic carbocycles. The summed E-state index contributed by atoms with van der Waals surface area (Å²) in [5, 5.41) is 4.79. The van der Waals surface area contributed by atoms with E-state index in [1.54, 1.807) is 0 Å². The molecule has 1 saturated heterocycles. The largest absolute Gasteiger partial charge is 0.310 e. The van der Waals surface area contributed by atoms with Gasteiger partial charge in [-0.15, -0.1) is 0 Å². The second-order valence-electron chi connectivity index (χ2n) is 5.61. The lowest BCUT2D eigenvalue weighted by atomic mass is 10.2. The zero-order valence-corrected chi connectivity index (χ0v) is 11.7. The molecule has 2 nitrogen and oxygen atoms in total. The minimum absolute atomic E-state index is 0.717. The van der Waals surface area contributed by atoms with Crippen molar-refractivity contribution in [3.05, 3.63) is 0 Å². The Morgan fingerprint density at radius 2 is 2.00 bits per heavy atom. The van der Waals surface area contributed by atoms with Crippen LogP contribution >= 0.6 is 11.8 Å². The highest BCUT2D eigenvalue weighted by Crippen LogP contribution is 2.29. The average Bonchev–Trinajstić information content (AvgIpc) is 2.87. The first kappa shape index (κ1) is 12.7. The molecule has 0 radical (unpaired) electrons. The second kappa shape index (κ2) is 5.74. The van der Waals surface area contributed by atoms with E-state index in [1.165, 1.54) is 38.8 Å². The Bertz CT molecular complexity index is 220. The van der Waals surface area contributed by atoms with Gasteiger partial charge in [0.1, 0.15) is 0 Å². The van der Waals surface area contributed by atoms with Crippen LogP contribution in [0, 0.1) is 0 Å². The molecule has 2 fully saturated rings. The SMILES string of the molecule is CSC1CCC(NC2CCN(C(C)C)C2)C1. The molecule has 1 heterocycles. The molecule has 0 amide bonds. The monoisotopic (exact) mass is 242 g/mol. The topological polar surface area (TPSA) is 15.3 Å². The Morgan fingerprint density at radius 3 is 2.56 bits per heavy atom. The smallest absolute Gasteiger partial charge is 0.0209 e. The first-order valence-corrected chi connectivity index (χ1v) is 8.00. The van der Waals surface area contributed by atoms with Crippen LogP contribution in [-0.4, -0.2) is 47.6 Å². The first-order valence-electron chi connectivity index (χ1n) is 6.72. The van der Waals surface area contributed by atoms with Gasteiger partial charge in [0.2, 0.25) is 0 Å². The first-order chi connectivity index (χ1) is 7.69. The fourth-order valence-corrected chi connectivity index (χ4v) is 3.83. The number of thioether (sulfide) groups is 1. The fraction of sp³-hybridized carbons (Fsp3) is 1.00. The van der Waals surface area contributed by atoms with Crippen molar-refractivity contribution in [1.29, 1.82) is 0 Å². The summed E-state index contributed by atoms with van der Waals surface area (Å²) in [5.41, 5.74) is 0. The minimum Gasteiger partial charge on any atom is -0.310 e. The van der Waals surface area contributed by atoms with Gasteiger partial charge < -0.3 is 5.32 Å². The van der Waals surface area contributed by atoms with Crippen LogP contribution in [0.3, 0.4) is 0 Å². The van der Waals surface area contributed by atoms with E-state index in [0.717, 1.165) is 17.3 Å². The number of hydrogen-bond acceptors (Lipinski definition) is 3. The van der Waals surface area contributed by atoms with Crippen LogP contribution < -0.4 is 5.32 Å². The van der Waals surface area contributed by atoms with Crippen molar-refractivity contribution < 1.29 is 0 Å². The number of hydrogen-bond donors (Lipinski definition) is 1. The third kappa shape index (κ3) is 3.14. The summed E-state index contributed by atoms with van der Waals surface area (Å²) in [6, 6.07) is 2.27. The summed E-state index contributed by atoms with van der Waals surface area (Å²) in [6.07, 6.45) is 7.80. The molecule has 1 aliphatic heterocycles. The standard InChI is InChI=1S/C13H26N2S/c1-10(2)15-7-6-12(9-15)14-11-4-5-13(8-11)16-3/h10-14H,4-9H2,1-3H3. The maximum Gasteiger partial charge on any atom is 0.0209 e. The van der Waals surface area contributed by atoms with E-state index < -0.39 is 0 Å². The lowest BCUT2D eigenvalue weighted by Gasteiger charge is -2.22. The zero-order chi connectivity index (χ0) is 11.5. The minimum atomic E-state index is 0.717. The highest BCUT2D eigenvalue weighted by Gasteiger charge is 2.29.